The summed E-state index contributed by atoms with van der Waals surface area (Å²) in [5.74, 6) is -0.637. The third-order valence-electron chi connectivity index (χ3n) is 5.67. The molecule has 1 saturated heterocycles. The van der Waals surface area contributed by atoms with E-state index in [1.54, 1.807) is 25.1 Å². The van der Waals surface area contributed by atoms with Crippen molar-refractivity contribution in [2.45, 2.75) is 19.8 Å². The number of nitrogens with zero attached hydrogens (tertiary/aromatic N) is 3. The van der Waals surface area contributed by atoms with Crippen LogP contribution in [0.5, 0.6) is 11.8 Å². The lowest BCUT2D eigenvalue weighted by atomic mass is 10.1. The predicted octanol–water partition coefficient (Wildman–Crippen LogP) is 5.68. The molecule has 0 aliphatic carbocycles. The summed E-state index contributed by atoms with van der Waals surface area (Å²) >= 11 is 6.52. The zero-order chi connectivity index (χ0) is 22.2. The molecule has 2 aromatic heterocycles. The molecule has 0 amide bonds. The number of aromatic nitrogens is 3. The number of imidazole rings is 1. The number of aromatic amines is 1. The quantitative estimate of drug-likeness (QED) is 0.408. The van der Waals surface area contributed by atoms with E-state index in [4.69, 9.17) is 16.3 Å². The van der Waals surface area contributed by atoms with Crippen molar-refractivity contribution in [3.8, 4) is 23.0 Å². The third kappa shape index (κ3) is 3.87. The molecule has 0 saturated carbocycles. The van der Waals surface area contributed by atoms with E-state index in [1.165, 1.54) is 24.6 Å². The fourth-order valence-electron chi connectivity index (χ4n) is 3.96. The summed E-state index contributed by atoms with van der Waals surface area (Å²) in [5, 5.41) is 9.82. The average Bonchev–Trinajstić information content (AvgIpc) is 3.44. The average molecular weight is 449 g/mol. The number of carboxylic acids is 1. The van der Waals surface area contributed by atoms with E-state index >= 15 is 0 Å². The Morgan fingerprint density at radius 3 is 2.56 bits per heavy atom. The Labute approximate surface area is 189 Å². The Hall–Kier alpha value is -3.58. The van der Waals surface area contributed by atoms with E-state index < -0.39 is 5.97 Å². The second-order valence-electron chi connectivity index (χ2n) is 7.86. The maximum absolute atomic E-state index is 11.4. The molecule has 3 heterocycles. The molecule has 0 atom stereocenters. The minimum Gasteiger partial charge on any atom is -0.478 e. The molecule has 2 aromatic carbocycles. The summed E-state index contributed by atoms with van der Waals surface area (Å²) in [7, 11) is 0. The van der Waals surface area contributed by atoms with E-state index in [0.29, 0.717) is 33.2 Å². The minimum absolute atomic E-state index is 0.180. The second-order valence-corrected chi connectivity index (χ2v) is 8.26. The summed E-state index contributed by atoms with van der Waals surface area (Å²) in [6.07, 6.45) is 2.46. The van der Waals surface area contributed by atoms with Crippen molar-refractivity contribution in [1.29, 1.82) is 0 Å². The summed E-state index contributed by atoms with van der Waals surface area (Å²) in [5.41, 5.74) is 4.70. The van der Waals surface area contributed by atoms with Crippen molar-refractivity contribution >= 4 is 34.4 Å². The molecular weight excluding hydrogens is 428 g/mol. The number of anilines is 1. The summed E-state index contributed by atoms with van der Waals surface area (Å²) < 4.78 is 5.75. The lowest BCUT2D eigenvalue weighted by Crippen LogP contribution is -2.17. The van der Waals surface area contributed by atoms with Crippen LogP contribution in [-0.4, -0.2) is 39.1 Å². The molecule has 162 valence electrons. The number of hydrogen-bond donors (Lipinski definition) is 2. The Balaban J connectivity index is 1.43. The molecule has 32 heavy (non-hydrogen) atoms. The van der Waals surface area contributed by atoms with Crippen LogP contribution < -0.4 is 9.64 Å². The van der Waals surface area contributed by atoms with Crippen LogP contribution in [0.25, 0.3) is 22.4 Å². The number of benzene rings is 2. The van der Waals surface area contributed by atoms with Gasteiger partial charge in [-0.15, -0.1) is 0 Å². The van der Waals surface area contributed by atoms with Gasteiger partial charge in [-0.2, -0.15) is 4.98 Å². The van der Waals surface area contributed by atoms with Gasteiger partial charge in [0.25, 0.3) is 0 Å². The molecule has 5 rings (SSSR count). The van der Waals surface area contributed by atoms with Gasteiger partial charge in [0, 0.05) is 24.3 Å². The third-order valence-corrected chi connectivity index (χ3v) is 5.96. The van der Waals surface area contributed by atoms with Crippen molar-refractivity contribution in [2.24, 2.45) is 0 Å². The van der Waals surface area contributed by atoms with Crippen molar-refractivity contribution in [3.63, 3.8) is 0 Å². The largest absolute Gasteiger partial charge is 0.478 e. The van der Waals surface area contributed by atoms with Gasteiger partial charge < -0.3 is 19.7 Å². The summed E-state index contributed by atoms with van der Waals surface area (Å²) in [4.78, 5) is 25.8. The van der Waals surface area contributed by atoms with Gasteiger partial charge in [0.15, 0.2) is 5.65 Å². The molecule has 0 unspecified atom stereocenters. The molecule has 7 nitrogen and oxygen atoms in total. The molecule has 8 heteroatoms. The number of rotatable bonds is 5. The SMILES string of the molecule is Cc1ccc(Oc2nc3nc(-c4ccc(N5CCCC5)cc4)c(Cl)cc3[nH]2)cc1C(=O)O. The molecule has 1 fully saturated rings. The van der Waals surface area contributed by atoms with E-state index in [-0.39, 0.29) is 11.6 Å². The number of halogens is 1. The highest BCUT2D eigenvalue weighted by Crippen LogP contribution is 2.32. The first-order valence-electron chi connectivity index (χ1n) is 10.4. The van der Waals surface area contributed by atoms with Crippen LogP contribution in [0.1, 0.15) is 28.8 Å². The van der Waals surface area contributed by atoms with Gasteiger partial charge in [0.1, 0.15) is 5.75 Å². The zero-order valence-electron chi connectivity index (χ0n) is 17.4. The monoisotopic (exact) mass is 448 g/mol. The van der Waals surface area contributed by atoms with Gasteiger partial charge in [-0.05, 0) is 55.7 Å². The standard InChI is InChI=1S/C24H21ClN4O3/c1-14-4-9-17(12-18(14)23(30)31)32-24-26-20-13-19(25)21(27-22(20)28-24)15-5-7-16(8-6-15)29-10-2-3-11-29/h4-9,12-13H,2-3,10-11H2,1H3,(H,30,31)(H,26,27,28). The highest BCUT2D eigenvalue weighted by molar-refractivity contribution is 6.33. The molecule has 0 radical (unpaired) electrons. The van der Waals surface area contributed by atoms with Gasteiger partial charge in [0.2, 0.25) is 0 Å². The molecule has 2 N–H and O–H groups in total. The van der Waals surface area contributed by atoms with Gasteiger partial charge >= 0.3 is 12.0 Å². The lowest BCUT2D eigenvalue weighted by Gasteiger charge is -2.17. The maximum Gasteiger partial charge on any atom is 0.336 e. The first kappa shape index (κ1) is 20.3. The Kier molecular flexibility index (Phi) is 5.19. The van der Waals surface area contributed by atoms with Crippen LogP contribution in [0, 0.1) is 6.92 Å². The Bertz CT molecular complexity index is 1310. The zero-order valence-corrected chi connectivity index (χ0v) is 18.2. The van der Waals surface area contributed by atoms with E-state index in [2.05, 4.69) is 32.0 Å². The topological polar surface area (TPSA) is 91.3 Å². The molecule has 1 aliphatic rings. The van der Waals surface area contributed by atoms with Gasteiger partial charge in [-0.1, -0.05) is 29.8 Å². The van der Waals surface area contributed by atoms with Gasteiger partial charge in [-0.3, -0.25) is 0 Å². The second kappa shape index (κ2) is 8.16. The van der Waals surface area contributed by atoms with Crippen molar-refractivity contribution in [2.75, 3.05) is 18.0 Å². The van der Waals surface area contributed by atoms with Crippen LogP contribution >= 0.6 is 11.6 Å². The highest BCUT2D eigenvalue weighted by atomic mass is 35.5. The first-order chi connectivity index (χ1) is 15.5. The van der Waals surface area contributed by atoms with Crippen molar-refractivity contribution in [3.05, 3.63) is 64.7 Å². The predicted molar refractivity (Wildman–Crippen MR) is 124 cm³/mol. The Morgan fingerprint density at radius 2 is 1.84 bits per heavy atom. The molecular formula is C24H21ClN4O3. The number of aromatic carboxylic acids is 1. The molecule has 0 bridgehead atoms. The van der Waals surface area contributed by atoms with E-state index in [1.807, 2.05) is 12.1 Å². The Morgan fingerprint density at radius 1 is 1.09 bits per heavy atom. The minimum atomic E-state index is -1.01. The van der Waals surface area contributed by atoms with Crippen LogP contribution in [0.2, 0.25) is 5.02 Å². The first-order valence-corrected chi connectivity index (χ1v) is 10.8. The number of aryl methyl sites for hydroxylation is 1. The molecule has 0 spiro atoms. The normalized spacial score (nSPS) is 13.6. The highest BCUT2D eigenvalue weighted by Gasteiger charge is 2.16. The number of carboxylic acid groups (broad SMARTS) is 1. The van der Waals surface area contributed by atoms with Gasteiger partial charge in [0.05, 0.1) is 21.8 Å². The summed E-state index contributed by atoms with van der Waals surface area (Å²) in [6.45, 7) is 3.92. The van der Waals surface area contributed by atoms with Crippen LogP contribution in [-0.2, 0) is 0 Å². The van der Waals surface area contributed by atoms with Crippen LogP contribution in [0.3, 0.4) is 0 Å². The van der Waals surface area contributed by atoms with Crippen molar-refractivity contribution < 1.29 is 14.6 Å². The fraction of sp³-hybridized carbons (Fsp3) is 0.208. The summed E-state index contributed by atoms with van der Waals surface area (Å²) in [6, 6.07) is 15.1. The van der Waals surface area contributed by atoms with Gasteiger partial charge in [-0.25, -0.2) is 9.78 Å². The van der Waals surface area contributed by atoms with Crippen LogP contribution in [0.15, 0.2) is 48.5 Å². The van der Waals surface area contributed by atoms with E-state index in [9.17, 15) is 9.90 Å². The molecule has 4 aromatic rings. The number of pyridine rings is 1. The number of fused-ring (bicyclic) bond motifs is 1. The smallest absolute Gasteiger partial charge is 0.336 e. The maximum atomic E-state index is 11.4. The number of hydrogen-bond acceptors (Lipinski definition) is 5. The van der Waals surface area contributed by atoms with Crippen molar-refractivity contribution in [1.82, 2.24) is 15.0 Å². The van der Waals surface area contributed by atoms with Crippen LogP contribution in [0.4, 0.5) is 5.69 Å². The fourth-order valence-corrected chi connectivity index (χ4v) is 4.22. The van der Waals surface area contributed by atoms with E-state index in [0.717, 1.165) is 18.7 Å². The number of carbonyl (C=O) groups is 1. The number of ether oxygens (including phenoxy) is 1. The number of H-pyrrole nitrogens is 1. The number of nitrogens with one attached hydrogen (secondary N) is 1. The lowest BCUT2D eigenvalue weighted by molar-refractivity contribution is 0.0695. The molecule has 1 aliphatic heterocycles.